The Hall–Kier alpha value is -7.58. The van der Waals surface area contributed by atoms with Crippen molar-refractivity contribution in [2.75, 3.05) is 6.61 Å². The molecular formula is C36H28O20. The van der Waals surface area contributed by atoms with E-state index in [0.29, 0.717) is 29.8 Å². The standard InChI is InChI=1S/C36H28O20/c37-14-4-1-12(2-5-14)3-6-22(42)54-36-30(48)32(56-33(49)13-7-17(38)25(43)18(39)8-13)31-21(53-36)11-52-34(50)15-9-19(40)26(44)28(46)23(15)24-16(35(51)55-31)10-20(41)27(45)29(24)47/h1-10,21,30-32,36-41,43-48H,11H2/t21-,30-,31+,32+,36+/m1/s1. The Labute approximate surface area is 311 Å². The first-order chi connectivity index (χ1) is 26.5. The van der Waals surface area contributed by atoms with Gasteiger partial charge < -0.3 is 79.9 Å². The van der Waals surface area contributed by atoms with Crippen LogP contribution in [0.25, 0.3) is 17.2 Å². The van der Waals surface area contributed by atoms with Crippen molar-refractivity contribution in [2.24, 2.45) is 0 Å². The summed E-state index contributed by atoms with van der Waals surface area (Å²) in [6.07, 6.45) is -8.43. The zero-order valence-corrected chi connectivity index (χ0v) is 28.0. The average molecular weight is 781 g/mol. The minimum Gasteiger partial charge on any atom is -0.508 e. The summed E-state index contributed by atoms with van der Waals surface area (Å²) in [5.41, 5.74) is -3.91. The molecule has 20 heteroatoms. The number of fused-ring (bicyclic) bond motifs is 4. The number of rotatable bonds is 5. The fourth-order valence-corrected chi connectivity index (χ4v) is 5.76. The summed E-state index contributed by atoms with van der Waals surface area (Å²) in [5, 5.41) is 114. The molecule has 2 aliphatic rings. The van der Waals surface area contributed by atoms with Crippen LogP contribution in [0, 0.1) is 0 Å². The smallest absolute Gasteiger partial charge is 0.339 e. The van der Waals surface area contributed by atoms with Crippen molar-refractivity contribution in [1.29, 1.82) is 0 Å². The van der Waals surface area contributed by atoms with Crippen LogP contribution in [0.2, 0.25) is 0 Å². The van der Waals surface area contributed by atoms with Gasteiger partial charge in [0.2, 0.25) is 17.8 Å². The number of hydrogen-bond donors (Lipinski definition) is 11. The first kappa shape index (κ1) is 38.2. The molecule has 4 aromatic carbocycles. The normalized spacial score (nSPS) is 20.7. The Balaban J connectivity index is 1.45. The van der Waals surface area contributed by atoms with E-state index in [4.69, 9.17) is 23.7 Å². The number of esters is 4. The van der Waals surface area contributed by atoms with Crippen molar-refractivity contribution in [3.8, 4) is 68.6 Å². The van der Waals surface area contributed by atoms with Crippen LogP contribution in [0.3, 0.4) is 0 Å². The van der Waals surface area contributed by atoms with Crippen LogP contribution in [-0.2, 0) is 28.5 Å². The molecule has 20 nitrogen and oxygen atoms in total. The summed E-state index contributed by atoms with van der Waals surface area (Å²) in [4.78, 5) is 53.8. The first-order valence-corrected chi connectivity index (χ1v) is 15.9. The lowest BCUT2D eigenvalue weighted by atomic mass is 9.92. The van der Waals surface area contributed by atoms with Crippen LogP contribution in [0.1, 0.15) is 36.6 Å². The Morgan fingerprint density at radius 1 is 0.679 bits per heavy atom. The maximum Gasteiger partial charge on any atom is 0.339 e. The van der Waals surface area contributed by atoms with Gasteiger partial charge in [0.1, 0.15) is 18.5 Å². The number of cyclic esters (lactones) is 1. The third-order valence-electron chi connectivity index (χ3n) is 8.52. The molecule has 2 heterocycles. The number of carbonyl (C=O) groups is 4. The van der Waals surface area contributed by atoms with Crippen LogP contribution in [0.4, 0.5) is 0 Å². The predicted octanol–water partition coefficient (Wildman–Crippen LogP) is 1.67. The van der Waals surface area contributed by atoms with E-state index in [1.807, 2.05) is 0 Å². The van der Waals surface area contributed by atoms with E-state index in [0.717, 1.165) is 6.08 Å². The number of ether oxygens (including phenoxy) is 5. The summed E-state index contributed by atoms with van der Waals surface area (Å²) in [7, 11) is 0. The molecule has 0 radical (unpaired) electrons. The van der Waals surface area contributed by atoms with E-state index in [-0.39, 0.29) is 5.75 Å². The van der Waals surface area contributed by atoms with Gasteiger partial charge in [0.15, 0.2) is 58.6 Å². The van der Waals surface area contributed by atoms with Gasteiger partial charge >= 0.3 is 23.9 Å². The molecule has 292 valence electrons. The molecule has 0 spiro atoms. The second-order valence-corrected chi connectivity index (χ2v) is 12.1. The zero-order valence-electron chi connectivity index (χ0n) is 28.0. The van der Waals surface area contributed by atoms with Gasteiger partial charge in [-0.05, 0) is 48.0 Å². The Morgan fingerprint density at radius 2 is 1.21 bits per heavy atom. The van der Waals surface area contributed by atoms with E-state index in [1.54, 1.807) is 0 Å². The summed E-state index contributed by atoms with van der Waals surface area (Å²) < 4.78 is 27.3. The van der Waals surface area contributed by atoms with Crippen molar-refractivity contribution >= 4 is 30.0 Å². The van der Waals surface area contributed by atoms with Crippen LogP contribution in [0.15, 0.2) is 54.6 Å². The second kappa shape index (κ2) is 14.7. The number of hydrogen-bond acceptors (Lipinski definition) is 20. The maximum absolute atomic E-state index is 14.0. The van der Waals surface area contributed by atoms with E-state index >= 15 is 0 Å². The quantitative estimate of drug-likeness (QED) is 0.0593. The summed E-state index contributed by atoms with van der Waals surface area (Å²) >= 11 is 0. The highest BCUT2D eigenvalue weighted by atomic mass is 16.7. The molecule has 0 bridgehead atoms. The van der Waals surface area contributed by atoms with Crippen LogP contribution < -0.4 is 0 Å². The Morgan fingerprint density at radius 3 is 1.79 bits per heavy atom. The highest BCUT2D eigenvalue weighted by molar-refractivity contribution is 6.08. The molecule has 2 aliphatic heterocycles. The van der Waals surface area contributed by atoms with Crippen molar-refractivity contribution in [3.63, 3.8) is 0 Å². The number of carbonyl (C=O) groups excluding carboxylic acids is 4. The molecule has 11 N–H and O–H groups in total. The Kier molecular flexibility index (Phi) is 10.0. The van der Waals surface area contributed by atoms with E-state index < -0.39 is 141 Å². The molecule has 0 aliphatic carbocycles. The minimum absolute atomic E-state index is 0.0652. The highest BCUT2D eigenvalue weighted by Crippen LogP contribution is 2.53. The third-order valence-corrected chi connectivity index (χ3v) is 8.52. The summed E-state index contributed by atoms with van der Waals surface area (Å²) in [5.74, 6) is -16.3. The molecule has 1 fully saturated rings. The molecule has 0 saturated carbocycles. The lowest BCUT2D eigenvalue weighted by Gasteiger charge is -2.42. The lowest BCUT2D eigenvalue weighted by Crippen LogP contribution is -2.62. The van der Waals surface area contributed by atoms with E-state index in [9.17, 15) is 75.3 Å². The predicted molar refractivity (Wildman–Crippen MR) is 180 cm³/mol. The lowest BCUT2D eigenvalue weighted by molar-refractivity contribution is -0.289. The average Bonchev–Trinajstić information content (AvgIpc) is 3.17. The van der Waals surface area contributed by atoms with Gasteiger partial charge in [0.25, 0.3) is 0 Å². The molecule has 6 rings (SSSR count). The summed E-state index contributed by atoms with van der Waals surface area (Å²) in [6, 6.07) is 7.89. The van der Waals surface area contributed by atoms with Gasteiger partial charge in [-0.25, -0.2) is 19.2 Å². The van der Waals surface area contributed by atoms with Gasteiger partial charge in [-0.1, -0.05) is 12.1 Å². The number of aliphatic hydroxyl groups excluding tert-OH is 1. The van der Waals surface area contributed by atoms with Gasteiger partial charge in [-0.2, -0.15) is 0 Å². The van der Waals surface area contributed by atoms with Crippen LogP contribution in [0.5, 0.6) is 57.5 Å². The molecule has 5 atom stereocenters. The monoisotopic (exact) mass is 780 g/mol. The van der Waals surface area contributed by atoms with Crippen molar-refractivity contribution in [2.45, 2.75) is 30.7 Å². The third kappa shape index (κ3) is 7.07. The highest BCUT2D eigenvalue weighted by Gasteiger charge is 2.52. The van der Waals surface area contributed by atoms with Gasteiger partial charge in [-0.15, -0.1) is 0 Å². The van der Waals surface area contributed by atoms with E-state index in [1.165, 1.54) is 30.3 Å². The zero-order chi connectivity index (χ0) is 40.7. The summed E-state index contributed by atoms with van der Waals surface area (Å²) in [6.45, 7) is -1.03. The Bertz CT molecular complexity index is 2270. The molecular weight excluding hydrogens is 752 g/mol. The number of aromatic hydroxyl groups is 10. The molecule has 0 unspecified atom stereocenters. The fourth-order valence-electron chi connectivity index (χ4n) is 5.76. The number of benzene rings is 4. The number of aliphatic hydroxyl groups is 1. The van der Waals surface area contributed by atoms with E-state index in [2.05, 4.69) is 0 Å². The maximum atomic E-state index is 14.0. The first-order valence-electron chi connectivity index (χ1n) is 15.9. The second-order valence-electron chi connectivity index (χ2n) is 12.1. The molecule has 1 saturated heterocycles. The molecule has 0 aromatic heterocycles. The SMILES string of the molecule is O=C(C=Cc1ccc(O)cc1)O[C@@H]1O[C@@H]2COC(=O)c3cc(O)c(O)c(O)c3-c3c(cc(O)c(O)c3O)C(=O)O[C@@H]2[C@@H](OC(=O)c2cc(O)c(O)c(O)c2)[C@H]1O. The molecule has 4 aromatic rings. The van der Waals surface area contributed by atoms with Crippen molar-refractivity contribution in [1.82, 2.24) is 0 Å². The largest absolute Gasteiger partial charge is 0.508 e. The van der Waals surface area contributed by atoms with Gasteiger partial charge in [0, 0.05) is 17.2 Å². The van der Waals surface area contributed by atoms with Gasteiger partial charge in [0.05, 0.1) is 16.7 Å². The van der Waals surface area contributed by atoms with Crippen molar-refractivity contribution in [3.05, 3.63) is 76.9 Å². The van der Waals surface area contributed by atoms with Crippen molar-refractivity contribution < 1.29 is 99.0 Å². The fraction of sp³-hybridized carbons (Fsp3) is 0.167. The molecule has 56 heavy (non-hydrogen) atoms. The number of phenols is 10. The van der Waals surface area contributed by atoms with Gasteiger partial charge in [-0.3, -0.25) is 0 Å². The number of phenolic OH excluding ortho intramolecular Hbond substituents is 10. The van der Waals surface area contributed by atoms with Crippen LogP contribution >= 0.6 is 0 Å². The topological polar surface area (TPSA) is 337 Å². The molecule has 0 amide bonds. The minimum atomic E-state index is -2.28. The van der Waals surface area contributed by atoms with Crippen LogP contribution in [-0.4, -0.2) is 117 Å².